The molecule has 2 aromatic heterocycles. The van der Waals surface area contributed by atoms with E-state index in [4.69, 9.17) is 11.6 Å². The average Bonchev–Trinajstić information content (AvgIpc) is 2.90. The van der Waals surface area contributed by atoms with Gasteiger partial charge in [-0.25, -0.2) is 4.98 Å². The van der Waals surface area contributed by atoms with E-state index < -0.39 is 0 Å². The molecule has 0 saturated carbocycles. The molecule has 3 nitrogen and oxygen atoms in total. The number of anilines is 1. The van der Waals surface area contributed by atoms with Crippen LogP contribution in [0.4, 0.5) is 5.82 Å². The molecule has 0 radical (unpaired) electrons. The van der Waals surface area contributed by atoms with Crippen molar-refractivity contribution in [2.45, 2.75) is 13.3 Å². The molecule has 3 rings (SSSR count). The van der Waals surface area contributed by atoms with Crippen LogP contribution in [0.25, 0.3) is 21.3 Å². The van der Waals surface area contributed by atoms with E-state index in [0.29, 0.717) is 5.28 Å². The second kappa shape index (κ2) is 5.62. The molecule has 0 spiro atoms. The molecule has 0 amide bonds. The van der Waals surface area contributed by atoms with Crippen molar-refractivity contribution in [2.75, 3.05) is 19.0 Å². The summed E-state index contributed by atoms with van der Waals surface area (Å²) in [6.07, 6.45) is 1.05. The first-order valence-corrected chi connectivity index (χ1v) is 8.07. The Morgan fingerprint density at radius 1 is 1.14 bits per heavy atom. The van der Waals surface area contributed by atoms with Crippen molar-refractivity contribution in [3.63, 3.8) is 0 Å². The number of benzene rings is 1. The molecule has 5 heteroatoms. The lowest BCUT2D eigenvalue weighted by molar-refractivity contribution is 1.06. The van der Waals surface area contributed by atoms with Gasteiger partial charge in [-0.05, 0) is 29.1 Å². The van der Waals surface area contributed by atoms with Gasteiger partial charge in [-0.2, -0.15) is 4.98 Å². The molecule has 0 bridgehead atoms. The Hall–Kier alpha value is -1.65. The molecule has 108 valence electrons. The highest BCUT2D eigenvalue weighted by Gasteiger charge is 2.16. The highest BCUT2D eigenvalue weighted by atomic mass is 35.5. The summed E-state index contributed by atoms with van der Waals surface area (Å²) < 4.78 is 0. The Balaban J connectivity index is 2.22. The largest absolute Gasteiger partial charge is 0.362 e. The molecule has 0 atom stereocenters. The van der Waals surface area contributed by atoms with Gasteiger partial charge in [0.1, 0.15) is 10.6 Å². The van der Waals surface area contributed by atoms with E-state index in [1.54, 1.807) is 11.3 Å². The highest BCUT2D eigenvalue weighted by molar-refractivity contribution is 7.17. The van der Waals surface area contributed by atoms with Gasteiger partial charge in [-0.1, -0.05) is 31.2 Å². The fourth-order valence-electron chi connectivity index (χ4n) is 2.35. The maximum atomic E-state index is 6.02. The topological polar surface area (TPSA) is 29.0 Å². The van der Waals surface area contributed by atoms with Gasteiger partial charge in [0.15, 0.2) is 0 Å². The second-order valence-electron chi connectivity index (χ2n) is 5.09. The summed E-state index contributed by atoms with van der Waals surface area (Å²) >= 11 is 7.62. The van der Waals surface area contributed by atoms with Crippen LogP contribution in [0, 0.1) is 0 Å². The summed E-state index contributed by atoms with van der Waals surface area (Å²) in [5, 5.41) is 3.49. The molecule has 0 saturated heterocycles. The minimum atomic E-state index is 0.293. The number of thiophene rings is 1. The van der Waals surface area contributed by atoms with Gasteiger partial charge >= 0.3 is 0 Å². The standard InChI is InChI=1S/C16H16ClN3S/c1-4-10-5-7-11(8-6-10)12-9-21-15-13(12)14(20(2)3)18-16(17)19-15/h5-9H,4H2,1-3H3. The van der Waals surface area contributed by atoms with E-state index in [1.165, 1.54) is 11.1 Å². The summed E-state index contributed by atoms with van der Waals surface area (Å²) in [6, 6.07) is 8.67. The monoisotopic (exact) mass is 317 g/mol. The van der Waals surface area contributed by atoms with E-state index >= 15 is 0 Å². The Kier molecular flexibility index (Phi) is 3.83. The predicted molar refractivity (Wildman–Crippen MR) is 91.6 cm³/mol. The fourth-order valence-corrected chi connectivity index (χ4v) is 3.51. The predicted octanol–water partition coefficient (Wildman–Crippen LogP) is 4.64. The third-order valence-electron chi connectivity index (χ3n) is 3.48. The zero-order valence-corrected chi connectivity index (χ0v) is 13.8. The molecule has 21 heavy (non-hydrogen) atoms. The van der Waals surface area contributed by atoms with Crippen molar-refractivity contribution < 1.29 is 0 Å². The molecule has 2 heterocycles. The summed E-state index contributed by atoms with van der Waals surface area (Å²) in [5.74, 6) is 0.862. The number of fused-ring (bicyclic) bond motifs is 1. The SMILES string of the molecule is CCc1ccc(-c2csc3nc(Cl)nc(N(C)C)c23)cc1. The van der Waals surface area contributed by atoms with E-state index in [9.17, 15) is 0 Å². The van der Waals surface area contributed by atoms with E-state index in [1.807, 2.05) is 19.0 Å². The Bertz CT molecular complexity index is 778. The van der Waals surface area contributed by atoms with Gasteiger partial charge < -0.3 is 4.90 Å². The van der Waals surface area contributed by atoms with Gasteiger partial charge in [-0.15, -0.1) is 11.3 Å². The van der Waals surface area contributed by atoms with Gasteiger partial charge in [0, 0.05) is 25.0 Å². The van der Waals surface area contributed by atoms with Crippen molar-refractivity contribution in [2.24, 2.45) is 0 Å². The molecule has 0 N–H and O–H groups in total. The first-order chi connectivity index (χ1) is 10.1. The second-order valence-corrected chi connectivity index (χ2v) is 6.29. The van der Waals surface area contributed by atoms with Crippen molar-refractivity contribution in [3.05, 3.63) is 40.5 Å². The molecule has 0 aliphatic heterocycles. The number of aromatic nitrogens is 2. The lowest BCUT2D eigenvalue weighted by atomic mass is 10.0. The zero-order valence-electron chi connectivity index (χ0n) is 12.2. The molecular formula is C16H16ClN3S. The molecule has 0 fully saturated rings. The minimum absolute atomic E-state index is 0.293. The van der Waals surface area contributed by atoms with Crippen LogP contribution in [0.5, 0.6) is 0 Å². The maximum absolute atomic E-state index is 6.02. The average molecular weight is 318 g/mol. The van der Waals surface area contributed by atoms with Crippen molar-refractivity contribution in [1.82, 2.24) is 9.97 Å². The van der Waals surface area contributed by atoms with Crippen LogP contribution in [0.15, 0.2) is 29.6 Å². The van der Waals surface area contributed by atoms with Crippen LogP contribution < -0.4 is 4.90 Å². The smallest absolute Gasteiger partial charge is 0.225 e. The van der Waals surface area contributed by atoms with Crippen molar-refractivity contribution in [1.29, 1.82) is 0 Å². The third kappa shape index (κ3) is 2.61. The quantitative estimate of drug-likeness (QED) is 0.659. The number of hydrogen-bond acceptors (Lipinski definition) is 4. The molecule has 1 aromatic carbocycles. The molecule has 0 unspecified atom stereocenters. The zero-order chi connectivity index (χ0) is 15.0. The number of aryl methyl sites for hydroxylation is 1. The highest BCUT2D eigenvalue weighted by Crippen LogP contribution is 2.38. The fraction of sp³-hybridized carbons (Fsp3) is 0.250. The van der Waals surface area contributed by atoms with Crippen LogP contribution in [0.2, 0.25) is 5.28 Å². The van der Waals surface area contributed by atoms with Crippen molar-refractivity contribution >= 4 is 39.0 Å². The van der Waals surface area contributed by atoms with E-state index in [2.05, 4.69) is 46.5 Å². The summed E-state index contributed by atoms with van der Waals surface area (Å²) in [7, 11) is 3.94. The van der Waals surface area contributed by atoms with Gasteiger partial charge in [0.25, 0.3) is 0 Å². The van der Waals surface area contributed by atoms with Crippen molar-refractivity contribution in [3.8, 4) is 11.1 Å². The van der Waals surface area contributed by atoms with Gasteiger partial charge in [0.05, 0.1) is 5.39 Å². The minimum Gasteiger partial charge on any atom is -0.362 e. The van der Waals surface area contributed by atoms with E-state index in [0.717, 1.165) is 28.0 Å². The van der Waals surface area contributed by atoms with Crippen LogP contribution in [-0.4, -0.2) is 24.1 Å². The third-order valence-corrected chi connectivity index (χ3v) is 4.53. The Morgan fingerprint density at radius 2 is 1.86 bits per heavy atom. The van der Waals surface area contributed by atoms with E-state index in [-0.39, 0.29) is 0 Å². The first-order valence-electron chi connectivity index (χ1n) is 6.81. The first kappa shape index (κ1) is 14.3. The molecule has 3 aromatic rings. The lowest BCUT2D eigenvalue weighted by Gasteiger charge is -2.14. The van der Waals surface area contributed by atoms with Gasteiger partial charge in [0.2, 0.25) is 5.28 Å². The normalized spacial score (nSPS) is 11.0. The molecule has 0 aliphatic rings. The Morgan fingerprint density at radius 3 is 2.48 bits per heavy atom. The number of halogens is 1. The number of hydrogen-bond donors (Lipinski definition) is 0. The maximum Gasteiger partial charge on any atom is 0.225 e. The number of rotatable bonds is 3. The van der Waals surface area contributed by atoms with Crippen LogP contribution >= 0.6 is 22.9 Å². The molecule has 0 aliphatic carbocycles. The summed E-state index contributed by atoms with van der Waals surface area (Å²) in [4.78, 5) is 11.6. The molecular weight excluding hydrogens is 302 g/mol. The van der Waals surface area contributed by atoms with Crippen LogP contribution in [0.1, 0.15) is 12.5 Å². The summed E-state index contributed by atoms with van der Waals surface area (Å²) in [5.41, 5.74) is 3.69. The summed E-state index contributed by atoms with van der Waals surface area (Å²) in [6.45, 7) is 2.16. The lowest BCUT2D eigenvalue weighted by Crippen LogP contribution is -2.11. The van der Waals surface area contributed by atoms with Gasteiger partial charge in [-0.3, -0.25) is 0 Å². The van der Waals surface area contributed by atoms with Crippen LogP contribution in [-0.2, 0) is 6.42 Å². The van der Waals surface area contributed by atoms with Crippen LogP contribution in [0.3, 0.4) is 0 Å². The number of nitrogens with zero attached hydrogens (tertiary/aromatic N) is 3. The Labute approximate surface area is 133 Å².